The molecule has 0 bridgehead atoms. The first-order valence-electron chi connectivity index (χ1n) is 4.91. The van der Waals surface area contributed by atoms with Crippen LogP contribution in [0, 0.1) is 5.92 Å². The lowest BCUT2D eigenvalue weighted by molar-refractivity contribution is 0.107. The number of alkyl halides is 1. The molecule has 0 N–H and O–H groups in total. The maximum atomic E-state index is 6.14. The zero-order valence-corrected chi connectivity index (χ0v) is 11.3. The predicted molar refractivity (Wildman–Crippen MR) is 68.6 cm³/mol. The van der Waals surface area contributed by atoms with Gasteiger partial charge >= 0.3 is 0 Å². The summed E-state index contributed by atoms with van der Waals surface area (Å²) in [4.78, 5) is 2.36. The fourth-order valence-corrected chi connectivity index (χ4v) is 2.72. The number of likely N-dealkylation sites (tertiary alicyclic amines) is 1. The van der Waals surface area contributed by atoms with Gasteiger partial charge in [0, 0.05) is 35.0 Å². The molecule has 1 aliphatic heterocycles. The highest BCUT2D eigenvalue weighted by Crippen LogP contribution is 2.25. The molecule has 1 heterocycles. The summed E-state index contributed by atoms with van der Waals surface area (Å²) in [5.41, 5.74) is 1.19. The van der Waals surface area contributed by atoms with Crippen LogP contribution in [0.15, 0.2) is 22.7 Å². The standard InChI is InChI=1S/C11H12BrCl2N/c12-10-2-1-9(11(14)3-10)7-15-5-8(4-13)6-15/h1-3,8H,4-7H2. The Kier molecular flexibility index (Phi) is 3.94. The maximum Gasteiger partial charge on any atom is 0.0462 e. The van der Waals surface area contributed by atoms with Crippen molar-refractivity contribution in [2.24, 2.45) is 5.92 Å². The Morgan fingerprint density at radius 2 is 2.13 bits per heavy atom. The topological polar surface area (TPSA) is 3.24 Å². The van der Waals surface area contributed by atoms with E-state index < -0.39 is 0 Å². The van der Waals surface area contributed by atoms with Gasteiger partial charge in [0.2, 0.25) is 0 Å². The molecule has 0 unspecified atom stereocenters. The Labute approximate surface area is 108 Å². The highest BCUT2D eigenvalue weighted by atomic mass is 79.9. The summed E-state index contributed by atoms with van der Waals surface area (Å²) in [7, 11) is 0. The number of hydrogen-bond acceptors (Lipinski definition) is 1. The van der Waals surface area contributed by atoms with E-state index in [0.717, 1.165) is 35.0 Å². The lowest BCUT2D eigenvalue weighted by Gasteiger charge is -2.38. The van der Waals surface area contributed by atoms with Gasteiger partial charge in [-0.1, -0.05) is 33.6 Å². The Morgan fingerprint density at radius 3 is 2.73 bits per heavy atom. The number of nitrogens with zero attached hydrogens (tertiary/aromatic N) is 1. The van der Waals surface area contributed by atoms with Crippen LogP contribution in [0.2, 0.25) is 5.02 Å². The number of rotatable bonds is 3. The molecule has 0 atom stereocenters. The molecule has 1 aromatic rings. The fourth-order valence-electron chi connectivity index (χ4n) is 1.79. The number of hydrogen-bond donors (Lipinski definition) is 0. The van der Waals surface area contributed by atoms with Crippen molar-refractivity contribution in [3.63, 3.8) is 0 Å². The van der Waals surface area contributed by atoms with Gasteiger partial charge in [0.25, 0.3) is 0 Å². The minimum absolute atomic E-state index is 0.667. The number of benzene rings is 1. The van der Waals surface area contributed by atoms with Crippen molar-refractivity contribution in [2.75, 3.05) is 19.0 Å². The van der Waals surface area contributed by atoms with Gasteiger partial charge in [-0.2, -0.15) is 0 Å². The van der Waals surface area contributed by atoms with Crippen molar-refractivity contribution in [2.45, 2.75) is 6.54 Å². The molecule has 1 aliphatic rings. The van der Waals surface area contributed by atoms with E-state index in [2.05, 4.69) is 26.9 Å². The Morgan fingerprint density at radius 1 is 1.40 bits per heavy atom. The minimum atomic E-state index is 0.667. The third-order valence-corrected chi connectivity index (χ3v) is 3.94. The third-order valence-electron chi connectivity index (χ3n) is 2.66. The van der Waals surface area contributed by atoms with Crippen LogP contribution in [0.1, 0.15) is 5.56 Å². The summed E-state index contributed by atoms with van der Waals surface area (Å²) >= 11 is 15.3. The molecular weight excluding hydrogens is 297 g/mol. The zero-order valence-electron chi connectivity index (χ0n) is 8.22. The minimum Gasteiger partial charge on any atom is -0.298 e. The van der Waals surface area contributed by atoms with Crippen molar-refractivity contribution < 1.29 is 0 Å². The van der Waals surface area contributed by atoms with Crippen LogP contribution in [0.3, 0.4) is 0 Å². The monoisotopic (exact) mass is 307 g/mol. The highest BCUT2D eigenvalue weighted by molar-refractivity contribution is 9.10. The molecule has 4 heteroatoms. The second-order valence-corrected chi connectivity index (χ2v) is 5.58. The van der Waals surface area contributed by atoms with Gasteiger partial charge in [0.1, 0.15) is 0 Å². The second kappa shape index (κ2) is 5.05. The molecule has 0 amide bonds. The summed E-state index contributed by atoms with van der Waals surface area (Å²) in [6.45, 7) is 3.12. The first kappa shape index (κ1) is 11.7. The van der Waals surface area contributed by atoms with Crippen molar-refractivity contribution in [1.29, 1.82) is 0 Å². The zero-order chi connectivity index (χ0) is 10.8. The third kappa shape index (κ3) is 2.88. The summed E-state index contributed by atoms with van der Waals surface area (Å²) in [6.07, 6.45) is 0. The predicted octanol–water partition coefficient (Wildman–Crippen LogP) is 3.77. The molecule has 1 aromatic carbocycles. The lowest BCUT2D eigenvalue weighted by atomic mass is 10.0. The van der Waals surface area contributed by atoms with Crippen LogP contribution in [-0.4, -0.2) is 23.9 Å². The van der Waals surface area contributed by atoms with Crippen molar-refractivity contribution in [3.8, 4) is 0 Å². The van der Waals surface area contributed by atoms with Gasteiger partial charge in [0.05, 0.1) is 0 Å². The molecule has 2 rings (SSSR count). The van der Waals surface area contributed by atoms with E-state index in [4.69, 9.17) is 23.2 Å². The Bertz CT molecular complexity index is 350. The summed E-state index contributed by atoms with van der Waals surface area (Å²) < 4.78 is 1.03. The molecule has 0 aromatic heterocycles. The van der Waals surface area contributed by atoms with E-state index in [0.29, 0.717) is 5.92 Å². The van der Waals surface area contributed by atoms with E-state index >= 15 is 0 Å². The maximum absolute atomic E-state index is 6.14. The molecule has 0 saturated carbocycles. The Hall–Kier alpha value is 0.240. The molecule has 15 heavy (non-hydrogen) atoms. The first-order valence-corrected chi connectivity index (χ1v) is 6.62. The molecule has 0 spiro atoms. The van der Waals surface area contributed by atoms with Crippen LogP contribution in [0.5, 0.6) is 0 Å². The average molecular weight is 309 g/mol. The summed E-state index contributed by atoms with van der Waals surface area (Å²) in [6, 6.07) is 6.04. The molecule has 1 fully saturated rings. The van der Waals surface area contributed by atoms with Crippen LogP contribution in [-0.2, 0) is 6.54 Å². The van der Waals surface area contributed by atoms with Gasteiger partial charge in [-0.3, -0.25) is 4.90 Å². The van der Waals surface area contributed by atoms with Gasteiger partial charge in [-0.05, 0) is 23.6 Å². The van der Waals surface area contributed by atoms with Gasteiger partial charge in [0.15, 0.2) is 0 Å². The van der Waals surface area contributed by atoms with E-state index in [1.54, 1.807) is 0 Å². The summed E-state index contributed by atoms with van der Waals surface area (Å²) in [5, 5.41) is 0.832. The highest BCUT2D eigenvalue weighted by Gasteiger charge is 2.25. The van der Waals surface area contributed by atoms with Crippen molar-refractivity contribution in [3.05, 3.63) is 33.3 Å². The first-order chi connectivity index (χ1) is 7.19. The molecule has 1 saturated heterocycles. The average Bonchev–Trinajstić information content (AvgIpc) is 2.13. The van der Waals surface area contributed by atoms with Crippen molar-refractivity contribution in [1.82, 2.24) is 4.90 Å². The van der Waals surface area contributed by atoms with Crippen LogP contribution in [0.4, 0.5) is 0 Å². The fraction of sp³-hybridized carbons (Fsp3) is 0.455. The van der Waals surface area contributed by atoms with Crippen molar-refractivity contribution >= 4 is 39.1 Å². The van der Waals surface area contributed by atoms with Gasteiger partial charge in [-0.25, -0.2) is 0 Å². The lowest BCUT2D eigenvalue weighted by Crippen LogP contribution is -2.46. The molecule has 0 radical (unpaired) electrons. The van der Waals surface area contributed by atoms with E-state index in [1.165, 1.54) is 5.56 Å². The second-order valence-electron chi connectivity index (χ2n) is 3.95. The van der Waals surface area contributed by atoms with Gasteiger partial charge in [-0.15, -0.1) is 11.6 Å². The smallest absolute Gasteiger partial charge is 0.0462 e. The molecule has 82 valence electrons. The summed E-state index contributed by atoms with van der Waals surface area (Å²) in [5.74, 6) is 1.44. The van der Waals surface area contributed by atoms with E-state index in [1.807, 2.05) is 12.1 Å². The SMILES string of the molecule is ClCC1CN(Cc2ccc(Br)cc2Cl)C1. The largest absolute Gasteiger partial charge is 0.298 e. The number of halogens is 3. The molecule has 1 nitrogen and oxygen atoms in total. The molecule has 0 aliphatic carbocycles. The van der Waals surface area contributed by atoms with Crippen LogP contribution >= 0.6 is 39.1 Å². The van der Waals surface area contributed by atoms with Crippen LogP contribution in [0.25, 0.3) is 0 Å². The molecular formula is C11H12BrCl2N. The Balaban J connectivity index is 1.94. The quantitative estimate of drug-likeness (QED) is 0.768. The van der Waals surface area contributed by atoms with Gasteiger partial charge < -0.3 is 0 Å². The van der Waals surface area contributed by atoms with E-state index in [9.17, 15) is 0 Å². The van der Waals surface area contributed by atoms with Crippen LogP contribution < -0.4 is 0 Å². The normalized spacial score (nSPS) is 17.8. The van der Waals surface area contributed by atoms with E-state index in [-0.39, 0.29) is 0 Å².